The van der Waals surface area contributed by atoms with E-state index >= 15 is 0 Å². The Morgan fingerprint density at radius 3 is 2.70 bits per heavy atom. The van der Waals surface area contributed by atoms with Crippen LogP contribution in [0.25, 0.3) is 15.9 Å². The number of benzene rings is 1. The number of nitrogens with zero attached hydrogens (tertiary/aromatic N) is 1. The molecule has 1 aromatic carbocycles. The standard InChI is InChI=1S/C15H12N2O2S/c1-2-6-10-9-20-13-12(10)14(18)17(15(19)16-13)11-7-4-3-5-8-11/h2-5,7-9H,1,6H2,(H,16,19). The summed E-state index contributed by atoms with van der Waals surface area (Å²) in [6, 6.07) is 8.91. The minimum Gasteiger partial charge on any atom is -0.298 e. The lowest BCUT2D eigenvalue weighted by Gasteiger charge is -2.04. The van der Waals surface area contributed by atoms with Gasteiger partial charge in [0.25, 0.3) is 5.56 Å². The number of hydrogen-bond acceptors (Lipinski definition) is 3. The predicted octanol–water partition coefficient (Wildman–Crippen LogP) is 2.47. The van der Waals surface area contributed by atoms with Gasteiger partial charge in [0.1, 0.15) is 4.83 Å². The van der Waals surface area contributed by atoms with Crippen molar-refractivity contribution in [3.05, 3.63) is 74.8 Å². The van der Waals surface area contributed by atoms with Crippen LogP contribution < -0.4 is 11.2 Å². The van der Waals surface area contributed by atoms with Gasteiger partial charge in [0.2, 0.25) is 0 Å². The highest BCUT2D eigenvalue weighted by Crippen LogP contribution is 2.21. The Morgan fingerprint density at radius 1 is 1.25 bits per heavy atom. The van der Waals surface area contributed by atoms with Gasteiger partial charge in [-0.3, -0.25) is 9.78 Å². The van der Waals surface area contributed by atoms with Crippen molar-refractivity contribution >= 4 is 21.6 Å². The minimum atomic E-state index is -0.416. The van der Waals surface area contributed by atoms with Crippen molar-refractivity contribution in [2.24, 2.45) is 0 Å². The average Bonchev–Trinajstić information content (AvgIpc) is 2.83. The summed E-state index contributed by atoms with van der Waals surface area (Å²) in [6.45, 7) is 3.69. The van der Waals surface area contributed by atoms with Gasteiger partial charge in [-0.25, -0.2) is 9.36 Å². The molecule has 0 atom stereocenters. The number of rotatable bonds is 3. The van der Waals surface area contributed by atoms with Gasteiger partial charge in [-0.1, -0.05) is 24.3 Å². The van der Waals surface area contributed by atoms with Crippen LogP contribution in [0.2, 0.25) is 0 Å². The van der Waals surface area contributed by atoms with Crippen molar-refractivity contribution in [1.82, 2.24) is 9.55 Å². The van der Waals surface area contributed by atoms with E-state index in [1.165, 1.54) is 15.9 Å². The summed E-state index contributed by atoms with van der Waals surface area (Å²) < 4.78 is 1.17. The number of fused-ring (bicyclic) bond motifs is 1. The molecule has 3 rings (SSSR count). The zero-order valence-corrected chi connectivity index (χ0v) is 11.4. The molecule has 0 radical (unpaired) electrons. The molecule has 100 valence electrons. The lowest BCUT2D eigenvalue weighted by atomic mass is 10.2. The topological polar surface area (TPSA) is 54.9 Å². The number of thiophene rings is 1. The van der Waals surface area contributed by atoms with Crippen LogP contribution in [0.4, 0.5) is 0 Å². The summed E-state index contributed by atoms with van der Waals surface area (Å²) in [5.74, 6) is 0. The predicted molar refractivity (Wildman–Crippen MR) is 81.9 cm³/mol. The Bertz CT molecular complexity index is 888. The molecule has 2 aromatic heterocycles. The molecule has 5 heteroatoms. The van der Waals surface area contributed by atoms with E-state index in [1.54, 1.807) is 30.3 Å². The summed E-state index contributed by atoms with van der Waals surface area (Å²) in [5.41, 5.74) is 0.760. The van der Waals surface area contributed by atoms with E-state index in [0.29, 0.717) is 22.3 Å². The molecule has 0 aliphatic heterocycles. The van der Waals surface area contributed by atoms with Gasteiger partial charge in [-0.05, 0) is 29.5 Å². The van der Waals surface area contributed by atoms with Crippen LogP contribution >= 0.6 is 11.3 Å². The van der Waals surface area contributed by atoms with Gasteiger partial charge in [0.05, 0.1) is 11.1 Å². The summed E-state index contributed by atoms with van der Waals surface area (Å²) in [4.78, 5) is 28.1. The number of hydrogen-bond donors (Lipinski definition) is 1. The maximum Gasteiger partial charge on any atom is 0.334 e. The fraction of sp³-hybridized carbons (Fsp3) is 0.0667. The molecule has 1 N–H and O–H groups in total. The summed E-state index contributed by atoms with van der Waals surface area (Å²) in [6.07, 6.45) is 2.36. The third-order valence-electron chi connectivity index (χ3n) is 3.09. The summed E-state index contributed by atoms with van der Waals surface area (Å²) >= 11 is 1.37. The van der Waals surface area contributed by atoms with Crippen LogP contribution in [-0.2, 0) is 6.42 Å². The molecule has 0 aliphatic rings. The molecule has 0 unspecified atom stereocenters. The summed E-state index contributed by atoms with van der Waals surface area (Å²) in [7, 11) is 0. The minimum absolute atomic E-state index is 0.284. The quantitative estimate of drug-likeness (QED) is 0.751. The summed E-state index contributed by atoms with van der Waals surface area (Å²) in [5, 5.41) is 2.46. The molecule has 2 heterocycles. The Balaban J connectivity index is 2.39. The molecule has 4 nitrogen and oxygen atoms in total. The maximum atomic E-state index is 12.6. The largest absolute Gasteiger partial charge is 0.334 e. The molecule has 0 amide bonds. The van der Waals surface area contributed by atoms with Crippen LogP contribution in [0.1, 0.15) is 5.56 Å². The average molecular weight is 284 g/mol. The van der Waals surface area contributed by atoms with E-state index in [9.17, 15) is 9.59 Å². The Labute approximate surface area is 118 Å². The third kappa shape index (κ3) is 1.92. The fourth-order valence-electron chi connectivity index (χ4n) is 2.19. The number of aromatic amines is 1. The first kappa shape index (κ1) is 12.6. The van der Waals surface area contributed by atoms with Crippen molar-refractivity contribution in [2.75, 3.05) is 0 Å². The first-order chi connectivity index (χ1) is 9.72. The number of H-pyrrole nitrogens is 1. The number of aromatic nitrogens is 2. The Kier molecular flexibility index (Phi) is 3.12. The second-order valence-electron chi connectivity index (χ2n) is 4.36. The molecule has 0 fully saturated rings. The zero-order valence-electron chi connectivity index (χ0n) is 10.6. The van der Waals surface area contributed by atoms with Gasteiger partial charge < -0.3 is 0 Å². The van der Waals surface area contributed by atoms with Crippen LogP contribution in [0.3, 0.4) is 0 Å². The second kappa shape index (κ2) is 4.94. The van der Waals surface area contributed by atoms with Crippen LogP contribution in [0.5, 0.6) is 0 Å². The van der Waals surface area contributed by atoms with Crippen molar-refractivity contribution in [3.63, 3.8) is 0 Å². The van der Waals surface area contributed by atoms with E-state index < -0.39 is 5.69 Å². The van der Waals surface area contributed by atoms with Gasteiger partial charge >= 0.3 is 5.69 Å². The van der Waals surface area contributed by atoms with E-state index in [2.05, 4.69) is 11.6 Å². The number of allylic oxidation sites excluding steroid dienone is 1. The molecule has 0 bridgehead atoms. The molecule has 20 heavy (non-hydrogen) atoms. The lowest BCUT2D eigenvalue weighted by Crippen LogP contribution is -2.33. The van der Waals surface area contributed by atoms with Crippen LogP contribution in [-0.4, -0.2) is 9.55 Å². The number of para-hydroxylation sites is 1. The molecule has 0 spiro atoms. The Hall–Kier alpha value is -2.40. The van der Waals surface area contributed by atoms with Crippen LogP contribution in [0.15, 0.2) is 58.0 Å². The fourth-order valence-corrected chi connectivity index (χ4v) is 3.15. The molecule has 3 aromatic rings. The molecule has 0 aliphatic carbocycles. The zero-order chi connectivity index (χ0) is 14.1. The van der Waals surface area contributed by atoms with E-state index in [4.69, 9.17) is 0 Å². The highest BCUT2D eigenvalue weighted by molar-refractivity contribution is 7.16. The first-order valence-corrected chi connectivity index (χ1v) is 7.02. The van der Waals surface area contributed by atoms with Crippen molar-refractivity contribution < 1.29 is 0 Å². The van der Waals surface area contributed by atoms with Crippen LogP contribution in [0, 0.1) is 0 Å². The van der Waals surface area contributed by atoms with E-state index in [-0.39, 0.29) is 5.56 Å². The Morgan fingerprint density at radius 2 is 2.00 bits per heavy atom. The third-order valence-corrected chi connectivity index (χ3v) is 4.03. The van der Waals surface area contributed by atoms with Gasteiger partial charge in [0.15, 0.2) is 0 Å². The van der Waals surface area contributed by atoms with Crippen molar-refractivity contribution in [1.29, 1.82) is 0 Å². The normalized spacial score (nSPS) is 10.8. The van der Waals surface area contributed by atoms with E-state index in [0.717, 1.165) is 5.56 Å². The first-order valence-electron chi connectivity index (χ1n) is 6.14. The molecular weight excluding hydrogens is 272 g/mol. The maximum absolute atomic E-state index is 12.6. The molecule has 0 saturated heterocycles. The molecular formula is C15H12N2O2S. The molecule has 0 saturated carbocycles. The SMILES string of the molecule is C=CCc1csc2[nH]c(=O)n(-c3ccccc3)c(=O)c12. The second-order valence-corrected chi connectivity index (χ2v) is 5.24. The van der Waals surface area contributed by atoms with Gasteiger partial charge in [0, 0.05) is 0 Å². The van der Waals surface area contributed by atoms with Gasteiger partial charge in [-0.15, -0.1) is 17.9 Å². The van der Waals surface area contributed by atoms with Crippen molar-refractivity contribution in [2.45, 2.75) is 6.42 Å². The monoisotopic (exact) mass is 284 g/mol. The van der Waals surface area contributed by atoms with E-state index in [1.807, 2.05) is 11.4 Å². The number of nitrogens with one attached hydrogen (secondary N) is 1. The highest BCUT2D eigenvalue weighted by Gasteiger charge is 2.13. The van der Waals surface area contributed by atoms with Gasteiger partial charge in [-0.2, -0.15) is 0 Å². The van der Waals surface area contributed by atoms with Crippen molar-refractivity contribution in [3.8, 4) is 5.69 Å². The smallest absolute Gasteiger partial charge is 0.298 e. The highest BCUT2D eigenvalue weighted by atomic mass is 32.1. The lowest BCUT2D eigenvalue weighted by molar-refractivity contribution is 0.903.